The molecule has 33 heavy (non-hydrogen) atoms. The Labute approximate surface area is 195 Å². The molecule has 0 aliphatic carbocycles. The van der Waals surface area contributed by atoms with Crippen LogP contribution in [0.1, 0.15) is 88.9 Å². The topological polar surface area (TPSA) is 87.1 Å². The normalized spacial score (nSPS) is 12.7. The van der Waals surface area contributed by atoms with Gasteiger partial charge in [0.1, 0.15) is 29.9 Å². The van der Waals surface area contributed by atoms with Gasteiger partial charge in [-0.15, -0.1) is 0 Å². The summed E-state index contributed by atoms with van der Waals surface area (Å²) in [5.41, 5.74) is 6.57. The van der Waals surface area contributed by atoms with Crippen molar-refractivity contribution < 1.29 is 14.3 Å². The van der Waals surface area contributed by atoms with Crippen molar-refractivity contribution in [3.05, 3.63) is 82.7 Å². The van der Waals surface area contributed by atoms with Crippen LogP contribution in [0.3, 0.4) is 0 Å². The molecule has 0 radical (unpaired) electrons. The first-order chi connectivity index (χ1) is 15.6. The summed E-state index contributed by atoms with van der Waals surface area (Å²) >= 11 is 0. The van der Waals surface area contributed by atoms with E-state index in [9.17, 15) is 4.79 Å². The first-order valence-electron chi connectivity index (χ1n) is 10.9. The van der Waals surface area contributed by atoms with E-state index in [1.54, 1.807) is 18.2 Å². The van der Waals surface area contributed by atoms with Gasteiger partial charge >= 0.3 is 0 Å². The minimum atomic E-state index is -0.430. The van der Waals surface area contributed by atoms with Gasteiger partial charge in [0.25, 0.3) is 0 Å². The van der Waals surface area contributed by atoms with Crippen molar-refractivity contribution in [2.45, 2.75) is 60.7 Å². The third-order valence-electron chi connectivity index (χ3n) is 5.45. The molecule has 7 nitrogen and oxygen atoms in total. The Morgan fingerprint density at radius 1 is 0.848 bits per heavy atom. The summed E-state index contributed by atoms with van der Waals surface area (Å²) < 4.78 is 12.5. The standard InChI is InChI=1S/C26H30N4O3/c1-9-22-16(4)28-18(6)26(30-22)20(8)32-23-11-10-21(13-31)12-24(23)33-19(7)25-17(5)27-14(2)15(3)29-25/h9-13,19-20H,3H2,1-2,4-8H3/q+2. The maximum atomic E-state index is 11.4. The molecule has 0 spiro atoms. The summed E-state index contributed by atoms with van der Waals surface area (Å²) in [6, 6.07) is 5.08. The van der Waals surface area contributed by atoms with Crippen LogP contribution in [0, 0.1) is 41.0 Å². The number of aryl methyl sites for hydroxylation is 4. The molecule has 3 aromatic rings. The number of nitrogens with zero attached hydrogens (tertiary/aromatic N) is 4. The first kappa shape index (κ1) is 24.0. The Kier molecular flexibility index (Phi) is 7.21. The maximum absolute atomic E-state index is 11.4. The predicted octanol–water partition coefficient (Wildman–Crippen LogP) is 5.35. The van der Waals surface area contributed by atoms with Crippen LogP contribution in [0.2, 0.25) is 0 Å². The van der Waals surface area contributed by atoms with Gasteiger partial charge in [-0.3, -0.25) is 4.79 Å². The van der Waals surface area contributed by atoms with Crippen molar-refractivity contribution in [3.63, 3.8) is 0 Å². The molecule has 0 N–H and O–H groups in total. The van der Waals surface area contributed by atoms with Gasteiger partial charge in [0.05, 0.1) is 24.7 Å². The van der Waals surface area contributed by atoms with Crippen molar-refractivity contribution in [2.75, 3.05) is 0 Å². The van der Waals surface area contributed by atoms with Gasteiger partial charge in [-0.25, -0.2) is 9.97 Å². The Balaban J connectivity index is 1.93. The smallest absolute Gasteiger partial charge is 0.242 e. The van der Waals surface area contributed by atoms with Crippen LogP contribution in [-0.4, -0.2) is 26.2 Å². The fourth-order valence-corrected chi connectivity index (χ4v) is 3.66. The molecule has 0 aliphatic rings. The van der Waals surface area contributed by atoms with Gasteiger partial charge in [-0.05, 0) is 45.9 Å². The molecule has 170 valence electrons. The Morgan fingerprint density at radius 3 is 2.03 bits per heavy atom. The zero-order chi connectivity index (χ0) is 24.3. The van der Waals surface area contributed by atoms with Gasteiger partial charge in [0.2, 0.25) is 11.4 Å². The summed E-state index contributed by atoms with van der Waals surface area (Å²) in [7, 11) is 0. The highest BCUT2D eigenvalue weighted by Gasteiger charge is 2.23. The van der Waals surface area contributed by atoms with Crippen molar-refractivity contribution >= 4 is 6.29 Å². The zero-order valence-corrected chi connectivity index (χ0v) is 20.3. The highest BCUT2D eigenvalue weighted by molar-refractivity contribution is 5.76. The molecule has 0 fully saturated rings. The minimum Gasteiger partial charge on any atom is -0.480 e. The Bertz CT molecular complexity index is 1180. The van der Waals surface area contributed by atoms with E-state index in [1.165, 1.54) is 0 Å². The number of benzene rings is 1. The van der Waals surface area contributed by atoms with E-state index in [0.717, 1.165) is 40.4 Å². The van der Waals surface area contributed by atoms with Crippen LogP contribution in [0.25, 0.3) is 0 Å². The number of carbonyl (C=O) groups excluding carboxylic acids is 1. The van der Waals surface area contributed by atoms with Crippen LogP contribution in [0.5, 0.6) is 11.5 Å². The van der Waals surface area contributed by atoms with Gasteiger partial charge in [-0.2, -0.15) is 9.97 Å². The fourth-order valence-electron chi connectivity index (χ4n) is 3.66. The second-order valence-electron chi connectivity index (χ2n) is 8.02. The van der Waals surface area contributed by atoms with Crippen molar-refractivity contribution in [1.82, 2.24) is 19.9 Å². The average Bonchev–Trinajstić information content (AvgIpc) is 2.77. The molecule has 2 unspecified atom stereocenters. The van der Waals surface area contributed by atoms with Crippen molar-refractivity contribution in [2.24, 2.45) is 0 Å². The van der Waals surface area contributed by atoms with Gasteiger partial charge < -0.3 is 9.47 Å². The Hall–Kier alpha value is -3.61. The molecule has 0 saturated carbocycles. The molecule has 7 heteroatoms. The van der Waals surface area contributed by atoms with E-state index in [1.807, 2.05) is 54.9 Å². The minimum absolute atomic E-state index is 0.385. The molecular formula is C26H30N4O3+2. The third kappa shape index (κ3) is 5.25. The van der Waals surface area contributed by atoms with E-state index in [2.05, 4.69) is 21.9 Å². The Morgan fingerprint density at radius 2 is 1.42 bits per heavy atom. The number of rotatable bonds is 8. The van der Waals surface area contributed by atoms with Gasteiger partial charge in [-0.1, -0.05) is 0 Å². The molecule has 0 saturated heterocycles. The molecule has 2 heterocycles. The number of hydrogen-bond acceptors (Lipinski definition) is 7. The predicted molar refractivity (Wildman–Crippen MR) is 126 cm³/mol. The largest absolute Gasteiger partial charge is 0.480 e. The molecular weight excluding hydrogens is 416 g/mol. The van der Waals surface area contributed by atoms with E-state index in [4.69, 9.17) is 14.5 Å². The summed E-state index contributed by atoms with van der Waals surface area (Å²) in [5, 5.41) is 0. The van der Waals surface area contributed by atoms with E-state index >= 15 is 0 Å². The third-order valence-corrected chi connectivity index (χ3v) is 5.45. The van der Waals surface area contributed by atoms with Crippen molar-refractivity contribution in [1.29, 1.82) is 0 Å². The molecule has 2 atom stereocenters. The quantitative estimate of drug-likeness (QED) is 0.340. The highest BCUT2D eigenvalue weighted by Crippen LogP contribution is 2.35. The summed E-state index contributed by atoms with van der Waals surface area (Å²) in [4.78, 5) is 29.8. The second-order valence-corrected chi connectivity index (χ2v) is 8.02. The van der Waals surface area contributed by atoms with Gasteiger partial charge in [0, 0.05) is 26.3 Å². The zero-order valence-electron chi connectivity index (χ0n) is 20.3. The lowest BCUT2D eigenvalue weighted by Crippen LogP contribution is -2.14. The van der Waals surface area contributed by atoms with Crippen LogP contribution in [-0.2, 0) is 0 Å². The molecule has 2 aromatic heterocycles. The van der Waals surface area contributed by atoms with Crippen LogP contribution < -0.4 is 9.47 Å². The molecule has 0 bridgehead atoms. The lowest BCUT2D eigenvalue weighted by Gasteiger charge is -2.21. The van der Waals surface area contributed by atoms with E-state index < -0.39 is 6.10 Å². The number of carbonyl (C=O) groups is 1. The number of hydrogen-bond donors (Lipinski definition) is 0. The van der Waals surface area contributed by atoms with Crippen LogP contribution >= 0.6 is 0 Å². The summed E-state index contributed by atoms with van der Waals surface area (Å²) in [6.07, 6.45) is 1.88. The molecule has 0 amide bonds. The van der Waals surface area contributed by atoms with Gasteiger partial charge in [0.15, 0.2) is 22.9 Å². The highest BCUT2D eigenvalue weighted by atomic mass is 16.5. The fraction of sp³-hybridized carbons (Fsp3) is 0.346. The second kappa shape index (κ2) is 9.90. The number of aromatic nitrogens is 4. The SMILES string of the molecule is [CH2+]c1nc(C(C)Oc2cc(C=O)ccc2OC(C)c2nc([CH+]C)c(C)nc2C)c(C)nc1C. The molecule has 3 rings (SSSR count). The lowest BCUT2D eigenvalue weighted by molar-refractivity contribution is 0.112. The number of aldehydes is 1. The van der Waals surface area contributed by atoms with E-state index in [0.29, 0.717) is 28.5 Å². The van der Waals surface area contributed by atoms with E-state index in [-0.39, 0.29) is 6.10 Å². The summed E-state index contributed by atoms with van der Waals surface area (Å²) in [5.74, 6) is 0.933. The van der Waals surface area contributed by atoms with Crippen molar-refractivity contribution in [3.8, 4) is 11.5 Å². The molecule has 1 aromatic carbocycles. The van der Waals surface area contributed by atoms with Crippen LogP contribution in [0.15, 0.2) is 18.2 Å². The number of ether oxygens (including phenoxy) is 2. The monoisotopic (exact) mass is 446 g/mol. The van der Waals surface area contributed by atoms with Crippen LogP contribution in [0.4, 0.5) is 0 Å². The summed E-state index contributed by atoms with van der Waals surface area (Å²) in [6.45, 7) is 17.3. The lowest BCUT2D eigenvalue weighted by atomic mass is 10.1. The maximum Gasteiger partial charge on any atom is 0.242 e. The first-order valence-corrected chi connectivity index (χ1v) is 10.9. The average molecular weight is 447 g/mol. The molecule has 0 aliphatic heterocycles.